The Morgan fingerprint density at radius 3 is 2.43 bits per heavy atom. The van der Waals surface area contributed by atoms with Crippen molar-refractivity contribution in [2.24, 2.45) is 11.7 Å². The summed E-state index contributed by atoms with van der Waals surface area (Å²) in [6.07, 6.45) is 3.60. The summed E-state index contributed by atoms with van der Waals surface area (Å²) in [5, 5.41) is 0. The largest absolute Gasteiger partial charge is 0.329 e. The minimum absolute atomic E-state index is 0.0769. The van der Waals surface area contributed by atoms with E-state index in [1.165, 1.54) is 19.3 Å². The second kappa shape index (κ2) is 5.09. The molecule has 0 aromatic rings. The average Bonchev–Trinajstić information content (AvgIpc) is 2.01. The molecular weight excluding hydrogens is 200 g/mol. The average molecular weight is 220 g/mol. The van der Waals surface area contributed by atoms with Gasteiger partial charge < -0.3 is 5.73 Å². The van der Waals surface area contributed by atoms with E-state index in [0.717, 1.165) is 0 Å². The van der Waals surface area contributed by atoms with E-state index in [1.807, 2.05) is 6.92 Å². The van der Waals surface area contributed by atoms with Gasteiger partial charge in [-0.05, 0) is 18.8 Å². The highest BCUT2D eigenvalue weighted by Crippen LogP contribution is 2.27. The van der Waals surface area contributed by atoms with Gasteiger partial charge in [0.05, 0.1) is 5.75 Å². The third-order valence-corrected chi connectivity index (χ3v) is 4.75. The maximum atomic E-state index is 11.7. The fourth-order valence-electron chi connectivity index (χ4n) is 1.68. The lowest BCUT2D eigenvalue weighted by atomic mass is 9.85. The Balaban J connectivity index is 2.50. The molecule has 4 nitrogen and oxygen atoms in total. The van der Waals surface area contributed by atoms with E-state index in [2.05, 4.69) is 0 Å². The molecule has 1 rings (SSSR count). The van der Waals surface area contributed by atoms with Crippen LogP contribution in [-0.4, -0.2) is 38.1 Å². The van der Waals surface area contributed by atoms with Gasteiger partial charge in [-0.3, -0.25) is 0 Å². The number of hydrogen-bond donors (Lipinski definition) is 1. The SMILES string of the molecule is CCN(CC1CCC1)S(=O)(=O)CCN. The molecule has 2 N–H and O–H groups in total. The summed E-state index contributed by atoms with van der Waals surface area (Å²) >= 11 is 0. The van der Waals surface area contributed by atoms with Gasteiger partial charge >= 0.3 is 0 Å². The number of hydrogen-bond acceptors (Lipinski definition) is 3. The van der Waals surface area contributed by atoms with Crippen LogP contribution in [0.3, 0.4) is 0 Å². The van der Waals surface area contributed by atoms with E-state index < -0.39 is 10.0 Å². The normalized spacial score (nSPS) is 18.5. The van der Waals surface area contributed by atoms with Gasteiger partial charge in [0.2, 0.25) is 10.0 Å². The fourth-order valence-corrected chi connectivity index (χ4v) is 3.07. The fraction of sp³-hybridized carbons (Fsp3) is 1.00. The van der Waals surface area contributed by atoms with E-state index in [9.17, 15) is 8.42 Å². The number of nitrogens with zero attached hydrogens (tertiary/aromatic N) is 1. The first-order valence-corrected chi connectivity index (χ1v) is 6.89. The van der Waals surface area contributed by atoms with E-state index in [-0.39, 0.29) is 12.3 Å². The summed E-state index contributed by atoms with van der Waals surface area (Å²) in [7, 11) is -3.09. The van der Waals surface area contributed by atoms with Crippen molar-refractivity contribution < 1.29 is 8.42 Å². The molecule has 84 valence electrons. The molecule has 1 saturated carbocycles. The molecule has 1 fully saturated rings. The van der Waals surface area contributed by atoms with E-state index >= 15 is 0 Å². The zero-order valence-corrected chi connectivity index (χ0v) is 9.59. The molecule has 0 unspecified atom stereocenters. The molecule has 14 heavy (non-hydrogen) atoms. The molecular formula is C9H20N2O2S. The van der Waals surface area contributed by atoms with Crippen molar-refractivity contribution in [1.29, 1.82) is 0 Å². The molecule has 0 bridgehead atoms. The molecule has 0 saturated heterocycles. The summed E-state index contributed by atoms with van der Waals surface area (Å²) in [5.74, 6) is 0.663. The molecule has 0 radical (unpaired) electrons. The van der Waals surface area contributed by atoms with Gasteiger partial charge in [0.1, 0.15) is 0 Å². The van der Waals surface area contributed by atoms with Crippen LogP contribution in [-0.2, 0) is 10.0 Å². The lowest BCUT2D eigenvalue weighted by Gasteiger charge is -2.31. The van der Waals surface area contributed by atoms with Gasteiger partial charge in [0.25, 0.3) is 0 Å². The molecule has 0 aromatic heterocycles. The standard InChI is InChI=1S/C9H20N2O2S/c1-2-11(8-9-4-3-5-9)14(12,13)7-6-10/h9H,2-8,10H2,1H3. The first-order valence-electron chi connectivity index (χ1n) is 5.28. The quantitative estimate of drug-likeness (QED) is 0.704. The van der Waals surface area contributed by atoms with Crippen molar-refractivity contribution in [1.82, 2.24) is 4.31 Å². The van der Waals surface area contributed by atoms with E-state index in [1.54, 1.807) is 4.31 Å². The van der Waals surface area contributed by atoms with Gasteiger partial charge in [-0.2, -0.15) is 0 Å². The molecule has 0 spiro atoms. The Hall–Kier alpha value is -0.130. The second-order valence-electron chi connectivity index (χ2n) is 3.85. The van der Waals surface area contributed by atoms with Gasteiger partial charge in [0, 0.05) is 19.6 Å². The van der Waals surface area contributed by atoms with Gasteiger partial charge in [0.15, 0.2) is 0 Å². The Bertz CT molecular complexity index is 260. The summed E-state index contributed by atoms with van der Waals surface area (Å²) in [4.78, 5) is 0. The molecule has 0 heterocycles. The topological polar surface area (TPSA) is 63.4 Å². The van der Waals surface area contributed by atoms with Crippen molar-refractivity contribution >= 4 is 10.0 Å². The zero-order chi connectivity index (χ0) is 10.6. The smallest absolute Gasteiger partial charge is 0.215 e. The highest BCUT2D eigenvalue weighted by Gasteiger charge is 2.26. The van der Waals surface area contributed by atoms with E-state index in [4.69, 9.17) is 5.73 Å². The minimum Gasteiger partial charge on any atom is -0.329 e. The predicted molar refractivity (Wildman–Crippen MR) is 57.4 cm³/mol. The molecule has 1 aliphatic carbocycles. The van der Waals surface area contributed by atoms with Crippen LogP contribution in [0.5, 0.6) is 0 Å². The van der Waals surface area contributed by atoms with Crippen LogP contribution in [0.25, 0.3) is 0 Å². The molecule has 5 heteroatoms. The summed E-state index contributed by atoms with van der Waals surface area (Å²) in [6, 6.07) is 0. The summed E-state index contributed by atoms with van der Waals surface area (Å²) in [5.41, 5.74) is 5.28. The third kappa shape index (κ3) is 2.93. The van der Waals surface area contributed by atoms with Crippen LogP contribution in [0, 0.1) is 5.92 Å². The van der Waals surface area contributed by atoms with E-state index in [0.29, 0.717) is 19.0 Å². The molecule has 0 amide bonds. The Morgan fingerprint density at radius 1 is 1.43 bits per heavy atom. The number of rotatable bonds is 6. The second-order valence-corrected chi connectivity index (χ2v) is 5.94. The maximum absolute atomic E-state index is 11.7. The molecule has 0 aliphatic heterocycles. The van der Waals surface area contributed by atoms with Crippen LogP contribution in [0.1, 0.15) is 26.2 Å². The van der Waals surface area contributed by atoms with Crippen LogP contribution in [0.2, 0.25) is 0 Å². The van der Waals surface area contributed by atoms with Crippen molar-refractivity contribution in [2.45, 2.75) is 26.2 Å². The zero-order valence-electron chi connectivity index (χ0n) is 8.78. The summed E-state index contributed by atoms with van der Waals surface area (Å²) in [6.45, 7) is 3.36. The predicted octanol–water partition coefficient (Wildman–Crippen LogP) is 0.397. The van der Waals surface area contributed by atoms with Crippen molar-refractivity contribution in [2.75, 3.05) is 25.4 Å². The first kappa shape index (κ1) is 11.9. The van der Waals surface area contributed by atoms with Gasteiger partial charge in [-0.25, -0.2) is 12.7 Å². The van der Waals surface area contributed by atoms with Gasteiger partial charge in [-0.15, -0.1) is 0 Å². The Labute approximate surface area is 86.5 Å². The maximum Gasteiger partial charge on any atom is 0.215 e. The molecule has 0 atom stereocenters. The lowest BCUT2D eigenvalue weighted by Crippen LogP contribution is -2.39. The number of sulfonamides is 1. The summed E-state index contributed by atoms with van der Waals surface area (Å²) < 4.78 is 24.9. The van der Waals surface area contributed by atoms with Crippen LogP contribution >= 0.6 is 0 Å². The highest BCUT2D eigenvalue weighted by molar-refractivity contribution is 7.89. The lowest BCUT2D eigenvalue weighted by molar-refractivity contribution is 0.250. The third-order valence-electron chi connectivity index (χ3n) is 2.81. The number of nitrogens with two attached hydrogens (primary N) is 1. The van der Waals surface area contributed by atoms with Crippen LogP contribution in [0.15, 0.2) is 0 Å². The molecule has 0 aromatic carbocycles. The Morgan fingerprint density at radius 2 is 2.07 bits per heavy atom. The van der Waals surface area contributed by atoms with Crippen molar-refractivity contribution in [3.63, 3.8) is 0 Å². The minimum atomic E-state index is -3.09. The Kier molecular flexibility index (Phi) is 4.34. The van der Waals surface area contributed by atoms with Crippen LogP contribution in [0.4, 0.5) is 0 Å². The first-order chi connectivity index (χ1) is 6.60. The van der Waals surface area contributed by atoms with Crippen molar-refractivity contribution in [3.05, 3.63) is 0 Å². The molecule has 1 aliphatic rings. The highest BCUT2D eigenvalue weighted by atomic mass is 32.2. The monoisotopic (exact) mass is 220 g/mol. The van der Waals surface area contributed by atoms with Gasteiger partial charge in [-0.1, -0.05) is 13.3 Å². The van der Waals surface area contributed by atoms with Crippen LogP contribution < -0.4 is 5.73 Å². The van der Waals surface area contributed by atoms with Crippen molar-refractivity contribution in [3.8, 4) is 0 Å².